The molecule has 0 aromatic heterocycles. The second-order valence-electron chi connectivity index (χ2n) is 5.44. The van der Waals surface area contributed by atoms with Crippen LogP contribution in [0.4, 0.5) is 5.69 Å². The third-order valence-electron chi connectivity index (χ3n) is 3.84. The number of halogens is 1. The zero-order valence-electron chi connectivity index (χ0n) is 12.1. The molecule has 1 aromatic rings. The third kappa shape index (κ3) is 3.98. The average molecular weight is 329 g/mol. The molecule has 0 bridgehead atoms. The number of nitrogens with two attached hydrogens (primary N) is 1. The number of anilines is 1. The number of carbonyl (C=O) groups excluding carboxylic acids is 1. The maximum atomic E-state index is 12.6. The number of rotatable bonds is 4. The van der Waals surface area contributed by atoms with Gasteiger partial charge in [-0.2, -0.15) is 0 Å². The van der Waals surface area contributed by atoms with Crippen LogP contribution in [-0.2, 0) is 15.6 Å². The lowest BCUT2D eigenvalue weighted by Crippen LogP contribution is -2.42. The van der Waals surface area contributed by atoms with Gasteiger partial charge in [0.25, 0.3) is 0 Å². The zero-order chi connectivity index (χ0) is 15.4. The van der Waals surface area contributed by atoms with Crippen LogP contribution in [0, 0.1) is 0 Å². The van der Waals surface area contributed by atoms with Crippen LogP contribution >= 0.6 is 11.6 Å². The van der Waals surface area contributed by atoms with Crippen molar-refractivity contribution in [3.8, 4) is 0 Å². The fourth-order valence-corrected chi connectivity index (χ4v) is 4.16. The molecule has 1 aliphatic carbocycles. The predicted octanol–water partition coefficient (Wildman–Crippen LogP) is 2.87. The molecule has 116 valence electrons. The van der Waals surface area contributed by atoms with Crippen molar-refractivity contribution in [3.63, 3.8) is 0 Å². The van der Waals surface area contributed by atoms with E-state index in [0.29, 0.717) is 15.6 Å². The van der Waals surface area contributed by atoms with Gasteiger partial charge in [-0.1, -0.05) is 36.9 Å². The molecule has 0 radical (unpaired) electrons. The van der Waals surface area contributed by atoms with Crippen LogP contribution in [0.15, 0.2) is 23.1 Å². The Kier molecular flexibility index (Phi) is 5.65. The van der Waals surface area contributed by atoms with E-state index in [4.69, 9.17) is 17.3 Å². The van der Waals surface area contributed by atoms with Gasteiger partial charge in [0.15, 0.2) is 0 Å². The second-order valence-corrected chi connectivity index (χ2v) is 7.56. The number of hydrogen-bond donors (Lipinski definition) is 2. The number of nitrogen functional groups attached to an aromatic ring is 1. The minimum absolute atomic E-state index is 0.195. The van der Waals surface area contributed by atoms with E-state index >= 15 is 0 Å². The summed E-state index contributed by atoms with van der Waals surface area (Å²) in [7, 11) is -1.55. The number of nitrogens with one attached hydrogen (secondary N) is 1. The Balaban J connectivity index is 2.06. The highest BCUT2D eigenvalue weighted by Crippen LogP contribution is 2.28. The number of amides is 1. The van der Waals surface area contributed by atoms with Crippen molar-refractivity contribution < 1.29 is 9.00 Å². The standard InChI is InChI=1S/C15H21ClN2O2S/c1-10(15(19)18-11-6-3-2-4-7-11)21(20)14-12(16)8-5-9-13(14)17/h5,8-11H,2-4,6-7,17H2,1H3,(H,18,19). The molecule has 2 atom stereocenters. The van der Waals surface area contributed by atoms with Gasteiger partial charge in [-0.25, -0.2) is 0 Å². The van der Waals surface area contributed by atoms with E-state index in [1.54, 1.807) is 25.1 Å². The van der Waals surface area contributed by atoms with E-state index in [2.05, 4.69) is 5.32 Å². The van der Waals surface area contributed by atoms with Crippen LogP contribution in [0.5, 0.6) is 0 Å². The molecule has 0 spiro atoms. The van der Waals surface area contributed by atoms with E-state index < -0.39 is 16.0 Å². The molecule has 0 heterocycles. The molecule has 3 N–H and O–H groups in total. The Morgan fingerprint density at radius 3 is 2.67 bits per heavy atom. The van der Waals surface area contributed by atoms with Crippen molar-refractivity contribution in [2.45, 2.75) is 55.2 Å². The zero-order valence-corrected chi connectivity index (χ0v) is 13.7. The molecule has 2 rings (SSSR count). The highest BCUT2D eigenvalue weighted by molar-refractivity contribution is 7.86. The van der Waals surface area contributed by atoms with E-state index in [0.717, 1.165) is 25.7 Å². The maximum absolute atomic E-state index is 12.6. The Labute approximate surface area is 132 Å². The van der Waals surface area contributed by atoms with Gasteiger partial charge >= 0.3 is 0 Å². The predicted molar refractivity (Wildman–Crippen MR) is 86.8 cm³/mol. The first-order chi connectivity index (χ1) is 10.0. The first-order valence-corrected chi connectivity index (χ1v) is 8.84. The van der Waals surface area contributed by atoms with Crippen LogP contribution in [0.2, 0.25) is 5.02 Å². The van der Waals surface area contributed by atoms with Gasteiger partial charge < -0.3 is 11.1 Å². The summed E-state index contributed by atoms with van der Waals surface area (Å²) in [6, 6.07) is 5.18. The van der Waals surface area contributed by atoms with Crippen LogP contribution in [-0.4, -0.2) is 21.4 Å². The van der Waals surface area contributed by atoms with Crippen molar-refractivity contribution in [3.05, 3.63) is 23.2 Å². The van der Waals surface area contributed by atoms with Crippen molar-refractivity contribution >= 4 is 34.0 Å². The summed E-state index contributed by atoms with van der Waals surface area (Å²) in [5, 5.41) is 2.66. The lowest BCUT2D eigenvalue weighted by molar-refractivity contribution is -0.121. The van der Waals surface area contributed by atoms with Gasteiger partial charge in [0.1, 0.15) is 5.25 Å². The highest BCUT2D eigenvalue weighted by Gasteiger charge is 2.26. The first kappa shape index (κ1) is 16.3. The molecule has 0 aliphatic heterocycles. The van der Waals surface area contributed by atoms with E-state index in [1.807, 2.05) is 0 Å². The largest absolute Gasteiger partial charge is 0.398 e. The molecule has 0 saturated heterocycles. The highest BCUT2D eigenvalue weighted by atomic mass is 35.5. The van der Waals surface area contributed by atoms with Gasteiger partial charge in [-0.05, 0) is 31.9 Å². The Bertz CT molecular complexity index is 524. The van der Waals surface area contributed by atoms with Gasteiger partial charge in [0.2, 0.25) is 5.91 Å². The van der Waals surface area contributed by atoms with Crippen molar-refractivity contribution in [2.75, 3.05) is 5.73 Å². The lowest BCUT2D eigenvalue weighted by atomic mass is 9.95. The monoisotopic (exact) mass is 328 g/mol. The van der Waals surface area contributed by atoms with Crippen molar-refractivity contribution in [1.82, 2.24) is 5.32 Å². The Hall–Kier alpha value is -1.07. The summed E-state index contributed by atoms with van der Waals surface area (Å²) in [4.78, 5) is 12.6. The normalized spacial score (nSPS) is 19.0. The number of carbonyl (C=O) groups is 1. The Morgan fingerprint density at radius 1 is 1.38 bits per heavy atom. The van der Waals surface area contributed by atoms with Crippen LogP contribution in [0.3, 0.4) is 0 Å². The quantitative estimate of drug-likeness (QED) is 0.835. The van der Waals surface area contributed by atoms with Crippen LogP contribution in [0.1, 0.15) is 39.0 Å². The van der Waals surface area contributed by atoms with E-state index in [-0.39, 0.29) is 11.9 Å². The second kappa shape index (κ2) is 7.27. The van der Waals surface area contributed by atoms with E-state index in [9.17, 15) is 9.00 Å². The number of hydrogen-bond acceptors (Lipinski definition) is 3. The number of benzene rings is 1. The minimum atomic E-state index is -1.55. The Morgan fingerprint density at radius 2 is 2.05 bits per heavy atom. The van der Waals surface area contributed by atoms with Gasteiger partial charge in [0.05, 0.1) is 20.7 Å². The maximum Gasteiger partial charge on any atom is 0.236 e. The first-order valence-electron chi connectivity index (χ1n) is 7.25. The molecule has 21 heavy (non-hydrogen) atoms. The van der Waals surface area contributed by atoms with Gasteiger partial charge in [0, 0.05) is 11.7 Å². The fraction of sp³-hybridized carbons (Fsp3) is 0.533. The molecule has 1 aromatic carbocycles. The van der Waals surface area contributed by atoms with Crippen molar-refractivity contribution in [2.24, 2.45) is 0 Å². The molecule has 6 heteroatoms. The van der Waals surface area contributed by atoms with Gasteiger partial charge in [-0.15, -0.1) is 0 Å². The molecule has 1 saturated carbocycles. The smallest absolute Gasteiger partial charge is 0.236 e. The molecule has 2 unspecified atom stereocenters. The summed E-state index contributed by atoms with van der Waals surface area (Å²) < 4.78 is 12.6. The fourth-order valence-electron chi connectivity index (χ4n) is 2.58. The topological polar surface area (TPSA) is 72.2 Å². The molecular weight excluding hydrogens is 308 g/mol. The SMILES string of the molecule is CC(C(=O)NC1CCCCC1)S(=O)c1c(N)cccc1Cl. The van der Waals surface area contributed by atoms with Crippen LogP contribution < -0.4 is 11.1 Å². The van der Waals surface area contributed by atoms with E-state index in [1.165, 1.54) is 6.42 Å². The molecular formula is C15H21ClN2O2S. The molecule has 1 aliphatic rings. The summed E-state index contributed by atoms with van der Waals surface area (Å²) in [6.07, 6.45) is 5.50. The van der Waals surface area contributed by atoms with Gasteiger partial charge in [-0.3, -0.25) is 9.00 Å². The summed E-state index contributed by atoms with van der Waals surface area (Å²) in [6.45, 7) is 1.65. The van der Waals surface area contributed by atoms with Crippen LogP contribution in [0.25, 0.3) is 0 Å². The molecule has 1 amide bonds. The summed E-state index contributed by atoms with van der Waals surface area (Å²) >= 11 is 6.06. The van der Waals surface area contributed by atoms with Crippen molar-refractivity contribution in [1.29, 1.82) is 0 Å². The lowest BCUT2D eigenvalue weighted by Gasteiger charge is -2.24. The third-order valence-corrected chi connectivity index (χ3v) is 5.98. The minimum Gasteiger partial charge on any atom is -0.398 e. The average Bonchev–Trinajstić information content (AvgIpc) is 2.47. The molecule has 4 nitrogen and oxygen atoms in total. The summed E-state index contributed by atoms with van der Waals surface area (Å²) in [5.74, 6) is -0.195. The summed E-state index contributed by atoms with van der Waals surface area (Å²) in [5.41, 5.74) is 6.19. The molecule has 1 fully saturated rings.